The summed E-state index contributed by atoms with van der Waals surface area (Å²) >= 11 is 0. The summed E-state index contributed by atoms with van der Waals surface area (Å²) in [4.78, 5) is 35.8. The molecular formula is C41H45N3O7. The second-order valence-corrected chi connectivity index (χ2v) is 14.4. The fourth-order valence-corrected chi connectivity index (χ4v) is 8.04. The molecule has 2 atom stereocenters. The van der Waals surface area contributed by atoms with Crippen molar-refractivity contribution >= 4 is 29.3 Å². The fourth-order valence-electron chi connectivity index (χ4n) is 8.04. The number of ether oxygens (including phenoxy) is 5. The molecule has 4 heterocycles. The van der Waals surface area contributed by atoms with Crippen molar-refractivity contribution in [3.8, 4) is 28.7 Å². The van der Waals surface area contributed by atoms with Crippen molar-refractivity contribution in [3.63, 3.8) is 0 Å². The molecule has 1 aliphatic carbocycles. The Morgan fingerprint density at radius 1 is 0.804 bits per heavy atom. The van der Waals surface area contributed by atoms with Crippen molar-refractivity contribution in [2.24, 2.45) is 10.4 Å². The van der Waals surface area contributed by atoms with Gasteiger partial charge in [0.15, 0.2) is 23.0 Å². The van der Waals surface area contributed by atoms with Gasteiger partial charge in [0.25, 0.3) is 11.8 Å². The fraction of sp³-hybridized carbons (Fsp3) is 0.439. The maximum absolute atomic E-state index is 13.8. The lowest BCUT2D eigenvalue weighted by Crippen LogP contribution is -2.35. The molecule has 1 spiro atoms. The van der Waals surface area contributed by atoms with E-state index >= 15 is 0 Å². The summed E-state index contributed by atoms with van der Waals surface area (Å²) in [7, 11) is 4.87. The number of hydrogen-bond donors (Lipinski definition) is 0. The lowest BCUT2D eigenvalue weighted by Gasteiger charge is -2.21. The van der Waals surface area contributed by atoms with Gasteiger partial charge in [-0.05, 0) is 110 Å². The van der Waals surface area contributed by atoms with Crippen LogP contribution < -0.4 is 23.7 Å². The normalized spacial score (nSPS) is 20.9. The number of rotatable bonds is 12. The topological polar surface area (TPSA) is 99.1 Å². The molecule has 5 aliphatic rings. The number of hydrogen-bond acceptors (Lipinski definition) is 8. The van der Waals surface area contributed by atoms with Gasteiger partial charge in [-0.2, -0.15) is 0 Å². The SMILES string of the molecule is COc1ccc(C2=CN3C(=O)c4cc(OC)c(OCCCCCOc5cc6c(cc5OC)C(=O)N5CC7(CC7)C[C@H]5C=N6)cc4CC[C@@H]3C2)cc1. The van der Waals surface area contributed by atoms with E-state index in [-0.39, 0.29) is 23.9 Å². The van der Waals surface area contributed by atoms with Gasteiger partial charge in [0.1, 0.15) is 5.75 Å². The summed E-state index contributed by atoms with van der Waals surface area (Å²) in [5, 5.41) is 0. The Hall–Kier alpha value is -4.99. The van der Waals surface area contributed by atoms with E-state index in [9.17, 15) is 9.59 Å². The third-order valence-corrected chi connectivity index (χ3v) is 11.2. The van der Waals surface area contributed by atoms with Crippen LogP contribution in [-0.4, -0.2) is 81.0 Å². The van der Waals surface area contributed by atoms with Crippen molar-refractivity contribution in [1.29, 1.82) is 0 Å². The molecule has 2 fully saturated rings. The highest BCUT2D eigenvalue weighted by atomic mass is 16.5. The summed E-state index contributed by atoms with van der Waals surface area (Å²) in [6.07, 6.45) is 12.4. The quantitative estimate of drug-likeness (QED) is 0.185. The maximum atomic E-state index is 13.8. The molecule has 266 valence electrons. The molecule has 8 rings (SSSR count). The predicted molar refractivity (Wildman–Crippen MR) is 194 cm³/mol. The van der Waals surface area contributed by atoms with E-state index < -0.39 is 0 Å². The number of methoxy groups -OCH3 is 3. The van der Waals surface area contributed by atoms with Crippen LogP contribution in [0.2, 0.25) is 0 Å². The van der Waals surface area contributed by atoms with Crippen molar-refractivity contribution < 1.29 is 33.3 Å². The monoisotopic (exact) mass is 691 g/mol. The molecule has 1 saturated carbocycles. The summed E-state index contributed by atoms with van der Waals surface area (Å²) in [6, 6.07) is 15.6. The first-order valence-electron chi connectivity index (χ1n) is 18.1. The zero-order chi connectivity index (χ0) is 35.1. The van der Waals surface area contributed by atoms with Gasteiger partial charge in [0.05, 0.1) is 51.8 Å². The van der Waals surface area contributed by atoms with E-state index in [4.69, 9.17) is 28.7 Å². The highest BCUT2D eigenvalue weighted by molar-refractivity contribution is 6.03. The molecule has 1 saturated heterocycles. The molecule has 4 aliphatic heterocycles. The number of nitrogens with zero attached hydrogens (tertiary/aromatic N) is 3. The number of amides is 2. The van der Waals surface area contributed by atoms with Gasteiger partial charge >= 0.3 is 0 Å². The van der Waals surface area contributed by atoms with Crippen LogP contribution in [0.4, 0.5) is 5.69 Å². The van der Waals surface area contributed by atoms with Crippen molar-refractivity contribution in [2.75, 3.05) is 41.1 Å². The van der Waals surface area contributed by atoms with Crippen LogP contribution >= 0.6 is 0 Å². The number of unbranched alkanes of at least 4 members (excludes halogenated alkanes) is 2. The molecule has 10 nitrogen and oxygen atoms in total. The average Bonchev–Trinajstić information content (AvgIpc) is 3.69. The molecule has 3 aromatic rings. The summed E-state index contributed by atoms with van der Waals surface area (Å²) in [6.45, 7) is 1.83. The number of benzene rings is 3. The van der Waals surface area contributed by atoms with Gasteiger partial charge in [0.2, 0.25) is 0 Å². The number of fused-ring (bicyclic) bond motifs is 4. The Labute approximate surface area is 299 Å². The molecule has 0 N–H and O–H groups in total. The van der Waals surface area contributed by atoms with Crippen LogP contribution in [0, 0.1) is 5.41 Å². The van der Waals surface area contributed by atoms with E-state index in [0.717, 1.165) is 73.9 Å². The first-order chi connectivity index (χ1) is 24.9. The smallest absolute Gasteiger partial charge is 0.258 e. The van der Waals surface area contributed by atoms with Gasteiger partial charge in [0, 0.05) is 36.6 Å². The minimum atomic E-state index is -0.00259. The molecule has 0 bridgehead atoms. The van der Waals surface area contributed by atoms with E-state index in [2.05, 4.69) is 0 Å². The number of carbonyl (C=O) groups excluding carboxylic acids is 2. The Bertz CT molecular complexity index is 1900. The minimum Gasteiger partial charge on any atom is -0.497 e. The number of aliphatic imine (C=N–C) groups is 1. The largest absolute Gasteiger partial charge is 0.497 e. The first kappa shape index (κ1) is 33.2. The van der Waals surface area contributed by atoms with Crippen molar-refractivity contribution in [3.05, 3.63) is 77.0 Å². The average molecular weight is 692 g/mol. The van der Waals surface area contributed by atoms with Crippen LogP contribution in [0.1, 0.15) is 83.2 Å². The van der Waals surface area contributed by atoms with Gasteiger partial charge < -0.3 is 33.5 Å². The molecule has 2 amide bonds. The lowest BCUT2D eigenvalue weighted by atomic mass is 9.97. The first-order valence-corrected chi connectivity index (χ1v) is 18.1. The van der Waals surface area contributed by atoms with Crippen molar-refractivity contribution in [2.45, 2.75) is 69.9 Å². The molecule has 0 radical (unpaired) electrons. The third kappa shape index (κ3) is 6.41. The number of aryl methyl sites for hydroxylation is 1. The molecule has 51 heavy (non-hydrogen) atoms. The molecule has 0 unspecified atom stereocenters. The molecular weight excluding hydrogens is 646 g/mol. The maximum Gasteiger partial charge on any atom is 0.258 e. The Balaban J connectivity index is 0.846. The predicted octanol–water partition coefficient (Wildman–Crippen LogP) is 7.25. The standard InChI is InChI=1S/C41H45N3O7/c1-47-31-11-8-26(9-12-31)28-17-29-10-7-27-18-37(35(48-2)19-32(27)39(45)43(29)24-28)50-15-5-4-6-16-51-38-21-34-33(20-36(38)49-3)40(46)44-25-41(13-14-41)22-30(44)23-42-34/h8-9,11-12,18-21,23-24,29-30H,4-7,10,13-17,22,25H2,1-3H3/t29-,30+/m1/s1. The number of carbonyl (C=O) groups is 2. The highest BCUT2D eigenvalue weighted by Gasteiger charge is 2.53. The zero-order valence-electron chi connectivity index (χ0n) is 29.6. The Morgan fingerprint density at radius 2 is 1.51 bits per heavy atom. The van der Waals surface area contributed by atoms with Crippen LogP contribution in [0.15, 0.2) is 59.7 Å². The van der Waals surface area contributed by atoms with E-state index in [1.807, 2.05) is 64.7 Å². The Kier molecular flexibility index (Phi) is 8.86. The van der Waals surface area contributed by atoms with Crippen LogP contribution in [0.3, 0.4) is 0 Å². The van der Waals surface area contributed by atoms with Crippen LogP contribution in [0.25, 0.3) is 5.57 Å². The van der Waals surface area contributed by atoms with Gasteiger partial charge in [-0.15, -0.1) is 0 Å². The second-order valence-electron chi connectivity index (χ2n) is 14.4. The third-order valence-electron chi connectivity index (χ3n) is 11.2. The van der Waals surface area contributed by atoms with E-state index in [0.29, 0.717) is 58.4 Å². The minimum absolute atomic E-state index is 0.00259. The molecule has 0 aromatic heterocycles. The van der Waals surface area contributed by atoms with E-state index in [1.165, 1.54) is 12.8 Å². The summed E-state index contributed by atoms with van der Waals surface area (Å²) in [5.41, 5.74) is 5.45. The summed E-state index contributed by atoms with van der Waals surface area (Å²) < 4.78 is 29.0. The molecule has 3 aromatic carbocycles. The summed E-state index contributed by atoms with van der Waals surface area (Å²) in [5.74, 6) is 3.20. The van der Waals surface area contributed by atoms with Crippen molar-refractivity contribution in [1.82, 2.24) is 9.80 Å². The highest BCUT2D eigenvalue weighted by Crippen LogP contribution is 2.55. The van der Waals surface area contributed by atoms with Gasteiger partial charge in [-0.3, -0.25) is 14.6 Å². The molecule has 10 heteroatoms. The lowest BCUT2D eigenvalue weighted by molar-refractivity contribution is 0.0765. The second kappa shape index (κ2) is 13.6. The van der Waals surface area contributed by atoms with Gasteiger partial charge in [-0.1, -0.05) is 12.1 Å². The zero-order valence-corrected chi connectivity index (χ0v) is 29.6. The van der Waals surface area contributed by atoms with E-state index in [1.54, 1.807) is 27.4 Å². The van der Waals surface area contributed by atoms with Gasteiger partial charge in [-0.25, -0.2) is 0 Å². The Morgan fingerprint density at radius 3 is 2.20 bits per heavy atom. The van der Waals surface area contributed by atoms with Crippen LogP contribution in [-0.2, 0) is 6.42 Å². The van der Waals surface area contributed by atoms with Crippen LogP contribution in [0.5, 0.6) is 28.7 Å².